The highest BCUT2D eigenvalue weighted by Gasteiger charge is 2.31. The molecule has 1 aromatic heterocycles. The number of benzene rings is 1. The number of fused-ring (bicyclic) bond motifs is 1. The minimum atomic E-state index is -0.110. The summed E-state index contributed by atoms with van der Waals surface area (Å²) in [5, 5.41) is 7.40. The number of carbonyl (C=O) groups excluding carboxylic acids is 1. The van der Waals surface area contributed by atoms with Crippen LogP contribution in [0.3, 0.4) is 0 Å². The minimum Gasteiger partial charge on any atom is -0.341 e. The van der Waals surface area contributed by atoms with Gasteiger partial charge in [0.2, 0.25) is 11.8 Å². The lowest BCUT2D eigenvalue weighted by atomic mass is 9.92. The van der Waals surface area contributed by atoms with Crippen LogP contribution in [0.5, 0.6) is 0 Å². The average molecular weight is 340 g/mol. The monoisotopic (exact) mass is 340 g/mol. The summed E-state index contributed by atoms with van der Waals surface area (Å²) in [6.07, 6.45) is 3.71. The first-order chi connectivity index (χ1) is 12.2. The molecule has 0 saturated carbocycles. The van der Waals surface area contributed by atoms with E-state index < -0.39 is 0 Å². The summed E-state index contributed by atoms with van der Waals surface area (Å²) in [5.74, 6) is 1.99. The molecule has 1 aromatic carbocycles. The molecule has 2 atom stereocenters. The fourth-order valence-electron chi connectivity index (χ4n) is 3.96. The van der Waals surface area contributed by atoms with Crippen molar-refractivity contribution in [2.45, 2.75) is 45.2 Å². The van der Waals surface area contributed by atoms with Crippen LogP contribution in [-0.4, -0.2) is 40.1 Å². The Labute approximate surface area is 147 Å². The molecule has 25 heavy (non-hydrogen) atoms. The summed E-state index contributed by atoms with van der Waals surface area (Å²) >= 11 is 0. The summed E-state index contributed by atoms with van der Waals surface area (Å²) in [7, 11) is 0. The molecule has 1 amide bonds. The number of aryl methyl sites for hydroxylation is 1. The zero-order valence-corrected chi connectivity index (χ0v) is 14.6. The van der Waals surface area contributed by atoms with Crippen LogP contribution < -0.4 is 5.32 Å². The quantitative estimate of drug-likeness (QED) is 0.924. The van der Waals surface area contributed by atoms with Crippen LogP contribution in [0.25, 0.3) is 0 Å². The third-order valence-electron chi connectivity index (χ3n) is 5.25. The Morgan fingerprint density at radius 2 is 2.20 bits per heavy atom. The van der Waals surface area contributed by atoms with Gasteiger partial charge < -0.3 is 14.7 Å². The minimum absolute atomic E-state index is 0.110. The number of piperidine rings is 1. The molecule has 6 heteroatoms. The molecule has 132 valence electrons. The van der Waals surface area contributed by atoms with Crippen molar-refractivity contribution in [3.63, 3.8) is 0 Å². The molecule has 1 saturated heterocycles. The second-order valence-electron chi connectivity index (χ2n) is 7.13. The zero-order chi connectivity index (χ0) is 17.2. The number of nitrogens with zero attached hydrogens (tertiary/aromatic N) is 3. The summed E-state index contributed by atoms with van der Waals surface area (Å²) in [4.78, 5) is 19.3. The van der Waals surface area contributed by atoms with Crippen LogP contribution in [0.1, 0.15) is 35.7 Å². The van der Waals surface area contributed by atoms with Crippen LogP contribution in [0, 0.1) is 12.8 Å². The van der Waals surface area contributed by atoms with E-state index in [-0.39, 0.29) is 11.9 Å². The predicted molar refractivity (Wildman–Crippen MR) is 92.8 cm³/mol. The van der Waals surface area contributed by atoms with E-state index in [1.807, 2.05) is 4.90 Å². The third kappa shape index (κ3) is 3.58. The van der Waals surface area contributed by atoms with Crippen molar-refractivity contribution in [2.24, 2.45) is 5.92 Å². The first-order valence-electron chi connectivity index (χ1n) is 9.07. The lowest BCUT2D eigenvalue weighted by Gasteiger charge is -2.36. The highest BCUT2D eigenvalue weighted by Crippen LogP contribution is 2.23. The zero-order valence-electron chi connectivity index (χ0n) is 14.6. The molecule has 3 heterocycles. The van der Waals surface area contributed by atoms with Crippen molar-refractivity contribution < 1.29 is 9.32 Å². The molecule has 6 nitrogen and oxygen atoms in total. The summed E-state index contributed by atoms with van der Waals surface area (Å²) in [5.41, 5.74) is 2.59. The molecule has 0 unspecified atom stereocenters. The molecule has 1 N–H and O–H groups in total. The Kier molecular flexibility index (Phi) is 4.53. The third-order valence-corrected chi connectivity index (χ3v) is 5.25. The maximum Gasteiger partial charge on any atom is 0.240 e. The molecule has 0 bridgehead atoms. The fourth-order valence-corrected chi connectivity index (χ4v) is 3.96. The van der Waals surface area contributed by atoms with E-state index in [2.05, 4.69) is 39.7 Å². The van der Waals surface area contributed by atoms with Gasteiger partial charge in [0.1, 0.15) is 0 Å². The van der Waals surface area contributed by atoms with Gasteiger partial charge in [0.15, 0.2) is 5.82 Å². The van der Waals surface area contributed by atoms with Crippen molar-refractivity contribution in [1.29, 1.82) is 0 Å². The number of carbonyl (C=O) groups is 1. The van der Waals surface area contributed by atoms with Gasteiger partial charge >= 0.3 is 0 Å². The molecule has 2 aliphatic rings. The molecule has 4 rings (SSSR count). The standard InChI is InChI=1S/C19H24N4O2/c1-13-21-18(22-25-13)9-14-5-4-8-23(12-14)19(24)17-10-15-6-2-3-7-16(15)11-20-17/h2-3,6-7,14,17,20H,4-5,8-12H2,1H3/t14-,17+/m1/s1. The van der Waals surface area contributed by atoms with Crippen molar-refractivity contribution in [3.05, 3.63) is 47.1 Å². The molecular weight excluding hydrogens is 316 g/mol. The largest absolute Gasteiger partial charge is 0.341 e. The van der Waals surface area contributed by atoms with Gasteiger partial charge in [-0.15, -0.1) is 0 Å². The number of rotatable bonds is 3. The molecule has 0 spiro atoms. The second-order valence-corrected chi connectivity index (χ2v) is 7.13. The van der Waals surface area contributed by atoms with Gasteiger partial charge in [0.25, 0.3) is 0 Å². The number of hydrogen-bond acceptors (Lipinski definition) is 5. The summed E-state index contributed by atoms with van der Waals surface area (Å²) in [6, 6.07) is 8.26. The Morgan fingerprint density at radius 3 is 3.00 bits per heavy atom. The lowest BCUT2D eigenvalue weighted by molar-refractivity contribution is -0.135. The highest BCUT2D eigenvalue weighted by molar-refractivity contribution is 5.82. The van der Waals surface area contributed by atoms with E-state index in [0.717, 1.165) is 51.1 Å². The van der Waals surface area contributed by atoms with Crippen LogP contribution in [0.15, 0.2) is 28.8 Å². The first kappa shape index (κ1) is 16.3. The van der Waals surface area contributed by atoms with E-state index in [9.17, 15) is 4.79 Å². The molecule has 2 aromatic rings. The number of likely N-dealkylation sites (tertiary alicyclic amines) is 1. The van der Waals surface area contributed by atoms with Crippen LogP contribution in [0.4, 0.5) is 0 Å². The van der Waals surface area contributed by atoms with Crippen molar-refractivity contribution in [2.75, 3.05) is 13.1 Å². The molecule has 0 radical (unpaired) electrons. The normalized spacial score (nSPS) is 23.3. The van der Waals surface area contributed by atoms with Gasteiger partial charge in [-0.05, 0) is 36.3 Å². The second kappa shape index (κ2) is 6.96. The van der Waals surface area contributed by atoms with E-state index in [1.54, 1.807) is 6.92 Å². The predicted octanol–water partition coefficient (Wildman–Crippen LogP) is 1.87. The number of hydrogen-bond donors (Lipinski definition) is 1. The Balaban J connectivity index is 1.38. The van der Waals surface area contributed by atoms with Crippen LogP contribution >= 0.6 is 0 Å². The van der Waals surface area contributed by atoms with Crippen molar-refractivity contribution in [3.8, 4) is 0 Å². The van der Waals surface area contributed by atoms with Gasteiger partial charge in [-0.1, -0.05) is 29.4 Å². The van der Waals surface area contributed by atoms with E-state index >= 15 is 0 Å². The van der Waals surface area contributed by atoms with Gasteiger partial charge in [-0.25, -0.2) is 0 Å². The summed E-state index contributed by atoms with van der Waals surface area (Å²) in [6.45, 7) is 4.21. The fraction of sp³-hybridized carbons (Fsp3) is 0.526. The number of amides is 1. The molecule has 1 fully saturated rings. The first-order valence-corrected chi connectivity index (χ1v) is 9.07. The van der Waals surface area contributed by atoms with Gasteiger partial charge in [0.05, 0.1) is 6.04 Å². The van der Waals surface area contributed by atoms with Gasteiger partial charge in [0, 0.05) is 33.0 Å². The highest BCUT2D eigenvalue weighted by atomic mass is 16.5. The molecular formula is C19H24N4O2. The van der Waals surface area contributed by atoms with E-state index in [0.29, 0.717) is 11.8 Å². The Morgan fingerprint density at radius 1 is 1.36 bits per heavy atom. The van der Waals surface area contributed by atoms with Crippen molar-refractivity contribution in [1.82, 2.24) is 20.4 Å². The number of nitrogens with one attached hydrogen (secondary N) is 1. The Hall–Kier alpha value is -2.21. The van der Waals surface area contributed by atoms with Gasteiger partial charge in [-0.2, -0.15) is 4.98 Å². The number of aromatic nitrogens is 2. The van der Waals surface area contributed by atoms with Crippen molar-refractivity contribution >= 4 is 5.91 Å². The summed E-state index contributed by atoms with van der Waals surface area (Å²) < 4.78 is 5.06. The molecule has 2 aliphatic heterocycles. The average Bonchev–Trinajstić information content (AvgIpc) is 3.05. The lowest BCUT2D eigenvalue weighted by Crippen LogP contribution is -2.52. The topological polar surface area (TPSA) is 71.3 Å². The maximum absolute atomic E-state index is 13.0. The SMILES string of the molecule is Cc1nc(C[C@H]2CCCN(C(=O)[C@@H]3Cc4ccccc4CN3)C2)no1. The smallest absolute Gasteiger partial charge is 0.240 e. The van der Waals surface area contributed by atoms with Crippen LogP contribution in [0.2, 0.25) is 0 Å². The Bertz CT molecular complexity index is 757. The van der Waals surface area contributed by atoms with Gasteiger partial charge in [-0.3, -0.25) is 4.79 Å². The molecule has 0 aliphatic carbocycles. The van der Waals surface area contributed by atoms with E-state index in [1.165, 1.54) is 11.1 Å². The maximum atomic E-state index is 13.0. The van der Waals surface area contributed by atoms with Crippen LogP contribution in [-0.2, 0) is 24.2 Å². The van der Waals surface area contributed by atoms with E-state index in [4.69, 9.17) is 4.52 Å².